The van der Waals surface area contributed by atoms with E-state index in [4.69, 9.17) is 42.8 Å². The minimum atomic E-state index is -3.51. The molecule has 4 N–H and O–H groups in total. The molecule has 0 bridgehead atoms. The first kappa shape index (κ1) is 30.8. The van der Waals surface area contributed by atoms with E-state index >= 15 is 0 Å². The number of nitrogens with two attached hydrogens (primary N) is 1. The summed E-state index contributed by atoms with van der Waals surface area (Å²) in [4.78, 5) is 39.0. The van der Waals surface area contributed by atoms with Crippen LogP contribution in [-0.4, -0.2) is 56.2 Å². The van der Waals surface area contributed by atoms with E-state index in [1.165, 1.54) is 6.33 Å². The van der Waals surface area contributed by atoms with Crippen LogP contribution in [0.1, 0.15) is 27.7 Å². The predicted octanol–water partition coefficient (Wildman–Crippen LogP) is 5.58. The number of benzene rings is 2. The maximum absolute atomic E-state index is 10.6. The highest BCUT2D eigenvalue weighted by Crippen LogP contribution is 2.58. The van der Waals surface area contributed by atoms with Crippen LogP contribution in [0.5, 0.6) is 11.5 Å². The van der Waals surface area contributed by atoms with Crippen LogP contribution in [0.3, 0.4) is 0 Å². The molecule has 13 nitrogen and oxygen atoms in total. The largest absolute Gasteiger partial charge is 0.619 e. The molecule has 2 heterocycles. The molecule has 0 atom stereocenters. The first-order valence-electron chi connectivity index (χ1n) is 12.9. The van der Waals surface area contributed by atoms with Gasteiger partial charge in [-0.15, -0.1) is 18.1 Å². The lowest BCUT2D eigenvalue weighted by atomic mass is 10.0. The number of hydrogen-bond acceptors (Lipinski definition) is 13. The molecule has 4 rings (SSSR count). The minimum absolute atomic E-state index is 0.192. The fraction of sp³-hybridized carbons (Fsp3) is 0.308. The summed E-state index contributed by atoms with van der Waals surface area (Å²) < 4.78 is 32.6. The second-order valence-electron chi connectivity index (χ2n) is 8.19. The highest BCUT2D eigenvalue weighted by atomic mass is 31.2. The van der Waals surface area contributed by atoms with Gasteiger partial charge in [-0.05, 0) is 76.2 Å². The molecule has 0 aliphatic carbocycles. The van der Waals surface area contributed by atoms with E-state index in [0.29, 0.717) is 45.2 Å². The molecule has 2 aromatic carbocycles. The Labute approximate surface area is 238 Å². The topological polar surface area (TPSA) is 173 Å². The van der Waals surface area contributed by atoms with Crippen LogP contribution in [0.2, 0.25) is 0 Å². The van der Waals surface area contributed by atoms with E-state index in [9.17, 15) is 9.79 Å². The third-order valence-corrected chi connectivity index (χ3v) is 8.58. The summed E-state index contributed by atoms with van der Waals surface area (Å²) in [7, 11) is -7.02. The van der Waals surface area contributed by atoms with Gasteiger partial charge in [0.1, 0.15) is 6.33 Å². The first-order valence-corrected chi connectivity index (χ1v) is 15.9. The number of rotatable bonds is 14. The molecule has 41 heavy (non-hydrogen) atoms. The molecule has 0 aliphatic heterocycles. The zero-order valence-electron chi connectivity index (χ0n) is 23.1. The Morgan fingerprint density at radius 1 is 0.634 bits per heavy atom. The Morgan fingerprint density at radius 2 is 1.05 bits per heavy atom. The van der Waals surface area contributed by atoms with Crippen molar-refractivity contribution >= 4 is 33.3 Å². The standard InChI is InChI=1S/C26H33N5O8P2/c1-5-34-40(32,35-6-2)38-20-13-9-18(10-14-20)22-23(31-26-24(30-22)25(27)28-17-29-26)19-11-15-21(16-12-19)39-41(33,36-7-3)37-8-4/h9-17,32-33H,5-8H2,1-4H3,(H2,27,28,29,31)/q+2. The summed E-state index contributed by atoms with van der Waals surface area (Å²) in [6.45, 7) is 7.87. The molecule has 0 unspecified atom stereocenters. The lowest BCUT2D eigenvalue weighted by Crippen LogP contribution is -2.09. The lowest BCUT2D eigenvalue weighted by molar-refractivity contribution is 0.132. The Kier molecular flexibility index (Phi) is 10.3. The Hall–Kier alpha value is -3.12. The van der Waals surface area contributed by atoms with E-state index in [2.05, 4.69) is 9.97 Å². The molecule has 2 aromatic heterocycles. The number of nitrogens with zero attached hydrogens (tertiary/aromatic N) is 4. The number of fused-ring (bicyclic) bond motifs is 1. The van der Waals surface area contributed by atoms with E-state index in [-0.39, 0.29) is 32.2 Å². The quantitative estimate of drug-likeness (QED) is 0.152. The van der Waals surface area contributed by atoms with Crippen molar-refractivity contribution in [1.82, 2.24) is 19.9 Å². The van der Waals surface area contributed by atoms with Crippen LogP contribution >= 0.6 is 16.3 Å². The Bertz CT molecular complexity index is 1430. The van der Waals surface area contributed by atoms with Gasteiger partial charge in [0.2, 0.25) is 0 Å². The van der Waals surface area contributed by atoms with Crippen LogP contribution in [0, 0.1) is 0 Å². The van der Waals surface area contributed by atoms with Crippen molar-refractivity contribution in [3.05, 3.63) is 54.9 Å². The molecule has 4 aromatic rings. The smallest absolute Gasteiger partial charge is 0.382 e. The van der Waals surface area contributed by atoms with Crippen molar-refractivity contribution < 1.29 is 36.9 Å². The molecule has 0 saturated heterocycles. The van der Waals surface area contributed by atoms with Crippen molar-refractivity contribution in [3.63, 3.8) is 0 Å². The van der Waals surface area contributed by atoms with Gasteiger partial charge in [0.05, 0.1) is 37.8 Å². The molecule has 0 amide bonds. The van der Waals surface area contributed by atoms with Gasteiger partial charge in [-0.3, -0.25) is 9.05 Å². The summed E-state index contributed by atoms with van der Waals surface area (Å²) in [5.41, 5.74) is 9.17. The average molecular weight is 606 g/mol. The van der Waals surface area contributed by atoms with Crippen LogP contribution in [-0.2, 0) is 18.1 Å². The highest BCUT2D eigenvalue weighted by molar-refractivity contribution is 7.56. The molecule has 0 radical (unpaired) electrons. The van der Waals surface area contributed by atoms with Crippen molar-refractivity contribution in [2.75, 3.05) is 32.2 Å². The van der Waals surface area contributed by atoms with Crippen LogP contribution in [0.25, 0.3) is 33.7 Å². The van der Waals surface area contributed by atoms with Crippen LogP contribution in [0.4, 0.5) is 5.82 Å². The zero-order chi connectivity index (χ0) is 29.5. The summed E-state index contributed by atoms with van der Waals surface area (Å²) in [5.74, 6) is 0.900. The molecule has 15 heteroatoms. The van der Waals surface area contributed by atoms with Gasteiger partial charge in [-0.2, -0.15) is 9.79 Å². The number of aromatic nitrogens is 4. The fourth-order valence-corrected chi connectivity index (χ4v) is 6.19. The summed E-state index contributed by atoms with van der Waals surface area (Å²) in [6, 6.07) is 13.8. The van der Waals surface area contributed by atoms with Crippen molar-refractivity contribution in [2.24, 2.45) is 0 Å². The third-order valence-electron chi connectivity index (χ3n) is 5.36. The van der Waals surface area contributed by atoms with Gasteiger partial charge in [0.15, 0.2) is 28.5 Å². The molecule has 0 saturated carbocycles. The van der Waals surface area contributed by atoms with E-state index in [1.54, 1.807) is 76.2 Å². The third kappa shape index (κ3) is 7.59. The van der Waals surface area contributed by atoms with Gasteiger partial charge in [-0.1, -0.05) is 0 Å². The van der Waals surface area contributed by atoms with Crippen molar-refractivity contribution in [2.45, 2.75) is 27.7 Å². The van der Waals surface area contributed by atoms with Crippen LogP contribution < -0.4 is 14.8 Å². The second-order valence-corrected chi connectivity index (χ2v) is 11.5. The van der Waals surface area contributed by atoms with Crippen molar-refractivity contribution in [1.29, 1.82) is 0 Å². The van der Waals surface area contributed by atoms with E-state index < -0.39 is 16.3 Å². The van der Waals surface area contributed by atoms with Crippen molar-refractivity contribution in [3.8, 4) is 34.0 Å². The Morgan fingerprint density at radius 3 is 1.46 bits per heavy atom. The number of hydrogen-bond donors (Lipinski definition) is 3. The minimum Gasteiger partial charge on any atom is -0.382 e. The molecule has 0 aliphatic rings. The summed E-state index contributed by atoms with van der Waals surface area (Å²) >= 11 is 0. The first-order chi connectivity index (χ1) is 19.7. The highest BCUT2D eigenvalue weighted by Gasteiger charge is 2.46. The SMILES string of the molecule is CCO[P+](O)(OCC)Oc1ccc(-c2nc3ncnc(N)c3nc2-c2ccc(O[P+](O)(OCC)OCC)cc2)cc1. The lowest BCUT2D eigenvalue weighted by Gasteiger charge is -2.15. The van der Waals surface area contributed by atoms with Gasteiger partial charge in [0.25, 0.3) is 0 Å². The summed E-state index contributed by atoms with van der Waals surface area (Å²) in [6.07, 6.45) is 1.33. The molecular formula is C26H33N5O8P2+2. The average Bonchev–Trinajstić information content (AvgIpc) is 2.94. The Balaban J connectivity index is 1.71. The molecular weight excluding hydrogens is 572 g/mol. The zero-order valence-corrected chi connectivity index (χ0v) is 24.9. The number of anilines is 1. The molecule has 218 valence electrons. The summed E-state index contributed by atoms with van der Waals surface area (Å²) in [5, 5.41) is 0. The maximum atomic E-state index is 10.6. The fourth-order valence-electron chi connectivity index (χ4n) is 3.74. The van der Waals surface area contributed by atoms with Gasteiger partial charge >= 0.3 is 16.3 Å². The predicted molar refractivity (Wildman–Crippen MR) is 156 cm³/mol. The molecule has 0 spiro atoms. The van der Waals surface area contributed by atoms with Gasteiger partial charge in [0, 0.05) is 11.1 Å². The van der Waals surface area contributed by atoms with Gasteiger partial charge in [-0.25, -0.2) is 19.9 Å². The normalized spacial score (nSPS) is 12.0. The van der Waals surface area contributed by atoms with Crippen LogP contribution in [0.15, 0.2) is 54.9 Å². The van der Waals surface area contributed by atoms with E-state index in [1.807, 2.05) is 0 Å². The molecule has 0 fully saturated rings. The van der Waals surface area contributed by atoms with Gasteiger partial charge < -0.3 is 5.73 Å². The maximum Gasteiger partial charge on any atom is 0.619 e. The monoisotopic (exact) mass is 605 g/mol. The number of nitrogen functional groups attached to an aromatic ring is 1. The van der Waals surface area contributed by atoms with E-state index in [0.717, 1.165) is 0 Å². The second kappa shape index (κ2) is 13.7.